The Labute approximate surface area is 47.0 Å². The van der Waals surface area contributed by atoms with Crippen molar-refractivity contribution in [3.05, 3.63) is 11.8 Å². The first-order valence-electron chi connectivity index (χ1n) is 2.40. The van der Waals surface area contributed by atoms with E-state index in [2.05, 4.69) is 5.32 Å². The van der Waals surface area contributed by atoms with Crippen molar-refractivity contribution < 1.29 is 9.90 Å². The second-order valence-electron chi connectivity index (χ2n) is 1.61. The molecule has 3 nitrogen and oxygen atoms in total. The van der Waals surface area contributed by atoms with Crippen LogP contribution in [0.3, 0.4) is 0 Å². The van der Waals surface area contributed by atoms with Gasteiger partial charge in [0, 0.05) is 12.5 Å². The van der Waals surface area contributed by atoms with Crippen LogP contribution in [0.5, 0.6) is 0 Å². The van der Waals surface area contributed by atoms with Crippen molar-refractivity contribution in [2.45, 2.75) is 6.42 Å². The van der Waals surface area contributed by atoms with Crippen molar-refractivity contribution >= 4 is 5.91 Å². The van der Waals surface area contributed by atoms with E-state index in [1.807, 2.05) is 0 Å². The van der Waals surface area contributed by atoms with Crippen molar-refractivity contribution in [1.29, 1.82) is 0 Å². The highest BCUT2D eigenvalue weighted by Crippen LogP contribution is 1.99. The molecule has 1 aliphatic heterocycles. The summed E-state index contributed by atoms with van der Waals surface area (Å²) in [6.45, 7) is 0.432. The molecule has 1 radical (unpaired) electrons. The Morgan fingerprint density at radius 2 is 2.50 bits per heavy atom. The molecule has 8 heavy (non-hydrogen) atoms. The normalized spacial score (nSPS) is 19.5. The van der Waals surface area contributed by atoms with Crippen molar-refractivity contribution in [1.82, 2.24) is 5.32 Å². The van der Waals surface area contributed by atoms with E-state index in [-0.39, 0.29) is 11.7 Å². The number of rotatable bonds is 0. The van der Waals surface area contributed by atoms with Crippen LogP contribution in [0.2, 0.25) is 0 Å². The van der Waals surface area contributed by atoms with Crippen LogP contribution < -0.4 is 5.32 Å². The predicted molar refractivity (Wildman–Crippen MR) is 27.3 cm³/mol. The number of carbonyl (C=O) groups excluding carboxylic acids is 1. The van der Waals surface area contributed by atoms with Gasteiger partial charge in [-0.1, -0.05) is 0 Å². The van der Waals surface area contributed by atoms with Crippen LogP contribution in [0, 0.1) is 0 Å². The molecule has 1 rings (SSSR count). The minimum absolute atomic E-state index is 0.144. The molecule has 0 bridgehead atoms. The second kappa shape index (κ2) is 1.86. The van der Waals surface area contributed by atoms with E-state index in [1.54, 1.807) is 0 Å². The lowest BCUT2D eigenvalue weighted by Crippen LogP contribution is -2.19. The lowest BCUT2D eigenvalue weighted by molar-refractivity contribution is -0.117. The van der Waals surface area contributed by atoms with E-state index in [0.717, 1.165) is 6.08 Å². The van der Waals surface area contributed by atoms with E-state index in [1.165, 1.54) is 0 Å². The Morgan fingerprint density at radius 1 is 1.75 bits per heavy atom. The summed E-state index contributed by atoms with van der Waals surface area (Å²) in [5.41, 5.74) is 0. The summed E-state index contributed by atoms with van der Waals surface area (Å²) in [5.74, 6) is -0.182. The van der Waals surface area contributed by atoms with Gasteiger partial charge in [0.05, 0.1) is 12.3 Å². The Morgan fingerprint density at radius 3 is 2.88 bits per heavy atom. The van der Waals surface area contributed by atoms with Crippen LogP contribution in [0.15, 0.2) is 11.8 Å². The van der Waals surface area contributed by atoms with Crippen LogP contribution in [-0.2, 0) is 4.79 Å². The zero-order valence-corrected chi connectivity index (χ0v) is 4.29. The van der Waals surface area contributed by atoms with Crippen LogP contribution in [0.1, 0.15) is 6.42 Å². The van der Waals surface area contributed by atoms with Gasteiger partial charge in [-0.2, -0.15) is 0 Å². The summed E-state index contributed by atoms with van der Waals surface area (Å²) in [7, 11) is 0. The first kappa shape index (κ1) is 5.15. The van der Waals surface area contributed by atoms with Gasteiger partial charge < -0.3 is 5.11 Å². The predicted octanol–water partition coefficient (Wildman–Crippen LogP) is -0.0370. The Balaban J connectivity index is 2.64. The van der Waals surface area contributed by atoms with Crippen molar-refractivity contribution in [3.8, 4) is 0 Å². The van der Waals surface area contributed by atoms with Crippen molar-refractivity contribution in [2.75, 3.05) is 6.54 Å². The largest absolute Gasteiger partial charge is 0.512 e. The Hall–Kier alpha value is -0.990. The van der Waals surface area contributed by atoms with E-state index in [9.17, 15) is 4.79 Å². The number of hydrogen-bond donors (Lipinski definition) is 1. The second-order valence-corrected chi connectivity index (χ2v) is 1.61. The third kappa shape index (κ3) is 0.992. The smallest absolute Gasteiger partial charge is 0.268 e. The van der Waals surface area contributed by atoms with E-state index >= 15 is 0 Å². The zero-order valence-electron chi connectivity index (χ0n) is 4.29. The monoisotopic (exact) mass is 112 g/mol. The summed E-state index contributed by atoms with van der Waals surface area (Å²) in [4.78, 5) is 10.3. The van der Waals surface area contributed by atoms with Crippen LogP contribution >= 0.6 is 0 Å². The molecule has 0 atom stereocenters. The summed E-state index contributed by atoms with van der Waals surface area (Å²) in [6, 6.07) is 0. The Bertz CT molecular complexity index is 139. The topological polar surface area (TPSA) is 51.4 Å². The standard InChI is InChI=1S/C5H6NO2/c7-4-1-2-6-5(8)3-4/h3,7H,1-2H2. The average Bonchev–Trinajstić information content (AvgIpc) is 1.64. The number of nitrogens with zero attached hydrogens (tertiary/aromatic N) is 1. The molecule has 1 heterocycles. The van der Waals surface area contributed by atoms with Crippen molar-refractivity contribution in [3.63, 3.8) is 0 Å². The van der Waals surface area contributed by atoms with Gasteiger partial charge >= 0.3 is 0 Å². The molecule has 1 N–H and O–H groups in total. The number of aliphatic hydroxyl groups excluding tert-OH is 1. The lowest BCUT2D eigenvalue weighted by atomic mass is 10.2. The van der Waals surface area contributed by atoms with Gasteiger partial charge in [0.1, 0.15) is 0 Å². The lowest BCUT2D eigenvalue weighted by Gasteiger charge is -2.04. The number of hydrogen-bond acceptors (Lipinski definition) is 2. The van der Waals surface area contributed by atoms with Gasteiger partial charge in [-0.05, 0) is 0 Å². The fourth-order valence-corrected chi connectivity index (χ4v) is 0.541. The maximum absolute atomic E-state index is 10.3. The molecule has 0 unspecified atom stereocenters. The first-order valence-corrected chi connectivity index (χ1v) is 2.40. The minimum Gasteiger partial charge on any atom is -0.512 e. The summed E-state index contributed by atoms with van der Waals surface area (Å²) in [5, 5.41) is 12.2. The molecule has 43 valence electrons. The molecule has 0 aromatic carbocycles. The molecule has 0 saturated carbocycles. The molecule has 0 aliphatic carbocycles. The summed E-state index contributed by atoms with van der Waals surface area (Å²) >= 11 is 0. The maximum atomic E-state index is 10.3. The van der Waals surface area contributed by atoms with Gasteiger partial charge in [-0.3, -0.25) is 4.79 Å². The van der Waals surface area contributed by atoms with Crippen LogP contribution in [0.4, 0.5) is 0 Å². The van der Waals surface area contributed by atoms with Gasteiger partial charge in [-0.15, -0.1) is 0 Å². The molecule has 0 spiro atoms. The van der Waals surface area contributed by atoms with Crippen LogP contribution in [-0.4, -0.2) is 17.6 Å². The third-order valence-electron chi connectivity index (χ3n) is 0.926. The minimum atomic E-state index is -0.325. The molecule has 3 heteroatoms. The molecule has 0 aromatic heterocycles. The Kier molecular flexibility index (Phi) is 1.20. The highest BCUT2D eigenvalue weighted by molar-refractivity contribution is 5.88. The fourth-order valence-electron chi connectivity index (χ4n) is 0.541. The highest BCUT2D eigenvalue weighted by Gasteiger charge is 2.07. The van der Waals surface area contributed by atoms with Gasteiger partial charge in [-0.25, -0.2) is 5.32 Å². The number of amides is 1. The molecule has 0 aromatic rings. The maximum Gasteiger partial charge on any atom is 0.268 e. The molecular weight excluding hydrogens is 106 g/mol. The number of carbonyl (C=O) groups is 1. The third-order valence-corrected chi connectivity index (χ3v) is 0.926. The van der Waals surface area contributed by atoms with Gasteiger partial charge in [0.25, 0.3) is 5.91 Å². The molecular formula is C5H6NO2. The summed E-state index contributed by atoms with van der Waals surface area (Å²) in [6.07, 6.45) is 1.65. The first-order chi connectivity index (χ1) is 3.79. The average molecular weight is 112 g/mol. The molecule has 1 aliphatic rings. The highest BCUT2D eigenvalue weighted by atomic mass is 16.3. The zero-order chi connectivity index (χ0) is 5.98. The fraction of sp³-hybridized carbons (Fsp3) is 0.400. The van der Waals surface area contributed by atoms with Gasteiger partial charge in [0.15, 0.2) is 0 Å². The summed E-state index contributed by atoms with van der Waals surface area (Å²) < 4.78 is 0. The van der Waals surface area contributed by atoms with E-state index in [4.69, 9.17) is 5.11 Å². The van der Waals surface area contributed by atoms with E-state index in [0.29, 0.717) is 13.0 Å². The number of aliphatic hydroxyl groups is 1. The van der Waals surface area contributed by atoms with Crippen molar-refractivity contribution in [2.24, 2.45) is 0 Å². The van der Waals surface area contributed by atoms with Gasteiger partial charge in [0.2, 0.25) is 0 Å². The SMILES string of the molecule is O=C1C=C(O)CC[N]1. The molecule has 1 amide bonds. The van der Waals surface area contributed by atoms with E-state index < -0.39 is 0 Å². The molecule has 0 saturated heterocycles. The quantitative estimate of drug-likeness (QED) is 0.478. The van der Waals surface area contributed by atoms with Crippen LogP contribution in [0.25, 0.3) is 0 Å². The molecule has 0 fully saturated rings.